The van der Waals surface area contributed by atoms with Crippen LogP contribution in [0.25, 0.3) is 0 Å². The average Bonchev–Trinajstić information content (AvgIpc) is 2.34. The van der Waals surface area contributed by atoms with Crippen molar-refractivity contribution in [2.75, 3.05) is 19.8 Å². The van der Waals surface area contributed by atoms with Crippen molar-refractivity contribution in [2.24, 2.45) is 5.92 Å². The number of ether oxygens (including phenoxy) is 1. The van der Waals surface area contributed by atoms with Gasteiger partial charge in [0.25, 0.3) is 0 Å². The number of unbranched alkanes of at least 4 members (excludes halogenated alkanes) is 3. The van der Waals surface area contributed by atoms with Crippen LogP contribution in [0.1, 0.15) is 58.8 Å². The molecular formula is C14H29NO. The van der Waals surface area contributed by atoms with Crippen molar-refractivity contribution in [1.29, 1.82) is 0 Å². The van der Waals surface area contributed by atoms with E-state index in [1.54, 1.807) is 0 Å². The molecule has 1 fully saturated rings. The molecule has 0 spiro atoms. The fraction of sp³-hybridized carbons (Fsp3) is 1.00. The smallest absolute Gasteiger partial charge is 0.0469 e. The van der Waals surface area contributed by atoms with Gasteiger partial charge in [0.15, 0.2) is 0 Å². The van der Waals surface area contributed by atoms with Gasteiger partial charge >= 0.3 is 0 Å². The van der Waals surface area contributed by atoms with E-state index in [1.807, 2.05) is 0 Å². The molecule has 1 atom stereocenters. The summed E-state index contributed by atoms with van der Waals surface area (Å²) >= 11 is 0. The van der Waals surface area contributed by atoms with E-state index >= 15 is 0 Å². The summed E-state index contributed by atoms with van der Waals surface area (Å²) in [5.41, 5.74) is 0. The van der Waals surface area contributed by atoms with Gasteiger partial charge in [-0.15, -0.1) is 0 Å². The lowest BCUT2D eigenvalue weighted by Crippen LogP contribution is -2.38. The van der Waals surface area contributed by atoms with Crippen molar-refractivity contribution in [3.05, 3.63) is 0 Å². The fourth-order valence-corrected chi connectivity index (χ4v) is 2.68. The van der Waals surface area contributed by atoms with Crippen LogP contribution < -0.4 is 5.32 Å². The zero-order chi connectivity index (χ0) is 11.6. The van der Waals surface area contributed by atoms with Crippen LogP contribution in [0.2, 0.25) is 0 Å². The molecule has 0 aliphatic carbocycles. The SMILES string of the molecule is CCCCCCC(NCC)C1CCOCC1. The maximum absolute atomic E-state index is 5.44. The average molecular weight is 227 g/mol. The second kappa shape index (κ2) is 9.00. The van der Waals surface area contributed by atoms with Crippen LogP contribution in [-0.2, 0) is 4.74 Å². The van der Waals surface area contributed by atoms with E-state index in [0.717, 1.165) is 31.7 Å². The molecule has 1 rings (SSSR count). The summed E-state index contributed by atoms with van der Waals surface area (Å²) in [6.07, 6.45) is 9.40. The Bertz CT molecular complexity index is 155. The summed E-state index contributed by atoms with van der Waals surface area (Å²) in [6.45, 7) is 7.55. The van der Waals surface area contributed by atoms with Crippen LogP contribution in [0.5, 0.6) is 0 Å². The van der Waals surface area contributed by atoms with Crippen LogP contribution in [0.3, 0.4) is 0 Å². The van der Waals surface area contributed by atoms with Crippen molar-refractivity contribution >= 4 is 0 Å². The van der Waals surface area contributed by atoms with Gasteiger partial charge in [-0.1, -0.05) is 39.5 Å². The summed E-state index contributed by atoms with van der Waals surface area (Å²) in [7, 11) is 0. The van der Waals surface area contributed by atoms with Crippen molar-refractivity contribution in [3.63, 3.8) is 0 Å². The van der Waals surface area contributed by atoms with Crippen molar-refractivity contribution in [3.8, 4) is 0 Å². The summed E-state index contributed by atoms with van der Waals surface area (Å²) in [5.74, 6) is 0.857. The molecule has 1 aliphatic rings. The van der Waals surface area contributed by atoms with Crippen LogP contribution in [0.15, 0.2) is 0 Å². The Morgan fingerprint density at radius 1 is 1.12 bits per heavy atom. The van der Waals surface area contributed by atoms with Gasteiger partial charge in [-0.05, 0) is 31.7 Å². The first-order chi connectivity index (χ1) is 7.88. The molecule has 0 aromatic carbocycles. The summed E-state index contributed by atoms with van der Waals surface area (Å²) in [6, 6.07) is 0.741. The Morgan fingerprint density at radius 2 is 1.88 bits per heavy atom. The predicted molar refractivity (Wildman–Crippen MR) is 69.8 cm³/mol. The van der Waals surface area contributed by atoms with Gasteiger partial charge in [-0.25, -0.2) is 0 Å². The van der Waals surface area contributed by atoms with Crippen molar-refractivity contribution < 1.29 is 4.74 Å². The van der Waals surface area contributed by atoms with E-state index in [1.165, 1.54) is 44.9 Å². The van der Waals surface area contributed by atoms with Crippen LogP contribution in [-0.4, -0.2) is 25.8 Å². The quantitative estimate of drug-likeness (QED) is 0.642. The highest BCUT2D eigenvalue weighted by Gasteiger charge is 2.22. The Hall–Kier alpha value is -0.0800. The van der Waals surface area contributed by atoms with Gasteiger partial charge in [-0.2, -0.15) is 0 Å². The molecule has 0 radical (unpaired) electrons. The van der Waals surface area contributed by atoms with E-state index in [4.69, 9.17) is 4.74 Å². The molecule has 2 nitrogen and oxygen atoms in total. The first-order valence-corrected chi connectivity index (χ1v) is 7.19. The summed E-state index contributed by atoms with van der Waals surface area (Å²) in [5, 5.41) is 3.67. The van der Waals surface area contributed by atoms with Crippen molar-refractivity contribution in [2.45, 2.75) is 64.8 Å². The lowest BCUT2D eigenvalue weighted by Gasteiger charge is -2.31. The first-order valence-electron chi connectivity index (χ1n) is 7.19. The predicted octanol–water partition coefficient (Wildman–Crippen LogP) is 3.36. The second-order valence-corrected chi connectivity index (χ2v) is 4.96. The number of hydrogen-bond acceptors (Lipinski definition) is 2. The molecule has 16 heavy (non-hydrogen) atoms. The maximum atomic E-state index is 5.44. The molecule has 0 aromatic rings. The standard InChI is InChI=1S/C14H29NO/c1-3-5-6-7-8-14(15-4-2)13-9-11-16-12-10-13/h13-15H,3-12H2,1-2H3. The summed E-state index contributed by atoms with van der Waals surface area (Å²) in [4.78, 5) is 0. The minimum absolute atomic E-state index is 0.741. The van der Waals surface area contributed by atoms with E-state index in [-0.39, 0.29) is 0 Å². The third-order valence-corrected chi connectivity index (χ3v) is 3.67. The fourth-order valence-electron chi connectivity index (χ4n) is 2.68. The van der Waals surface area contributed by atoms with Crippen molar-refractivity contribution in [1.82, 2.24) is 5.32 Å². The zero-order valence-electron chi connectivity index (χ0n) is 11.1. The molecule has 0 aromatic heterocycles. The highest BCUT2D eigenvalue weighted by Crippen LogP contribution is 2.22. The molecule has 96 valence electrons. The minimum atomic E-state index is 0.741. The Kier molecular flexibility index (Phi) is 7.87. The zero-order valence-corrected chi connectivity index (χ0v) is 11.1. The third kappa shape index (κ3) is 5.31. The molecule has 0 bridgehead atoms. The molecule has 1 unspecified atom stereocenters. The van der Waals surface area contributed by atoms with Crippen LogP contribution >= 0.6 is 0 Å². The largest absolute Gasteiger partial charge is 0.381 e. The van der Waals surface area contributed by atoms with Gasteiger partial charge in [0.1, 0.15) is 0 Å². The number of rotatable bonds is 8. The second-order valence-electron chi connectivity index (χ2n) is 4.96. The molecule has 1 aliphatic heterocycles. The molecule has 2 heteroatoms. The Labute approximate surface area is 101 Å². The molecular weight excluding hydrogens is 198 g/mol. The van der Waals surface area contributed by atoms with Gasteiger partial charge in [0, 0.05) is 19.3 Å². The number of nitrogens with one attached hydrogen (secondary N) is 1. The van der Waals surface area contributed by atoms with Crippen LogP contribution in [0.4, 0.5) is 0 Å². The minimum Gasteiger partial charge on any atom is -0.381 e. The molecule has 1 N–H and O–H groups in total. The highest BCUT2D eigenvalue weighted by atomic mass is 16.5. The highest BCUT2D eigenvalue weighted by molar-refractivity contribution is 4.78. The van der Waals surface area contributed by atoms with Gasteiger partial charge < -0.3 is 10.1 Å². The third-order valence-electron chi connectivity index (χ3n) is 3.67. The molecule has 1 heterocycles. The lowest BCUT2D eigenvalue weighted by molar-refractivity contribution is 0.0524. The van der Waals surface area contributed by atoms with Crippen LogP contribution in [0, 0.1) is 5.92 Å². The monoisotopic (exact) mass is 227 g/mol. The first kappa shape index (κ1) is 14.0. The Morgan fingerprint density at radius 3 is 2.50 bits per heavy atom. The number of hydrogen-bond donors (Lipinski definition) is 1. The lowest BCUT2D eigenvalue weighted by atomic mass is 9.88. The maximum Gasteiger partial charge on any atom is 0.0469 e. The molecule has 0 saturated carbocycles. The van der Waals surface area contributed by atoms with E-state index in [9.17, 15) is 0 Å². The van der Waals surface area contributed by atoms with Gasteiger partial charge in [0.2, 0.25) is 0 Å². The Balaban J connectivity index is 2.22. The summed E-state index contributed by atoms with van der Waals surface area (Å²) < 4.78 is 5.44. The van der Waals surface area contributed by atoms with E-state index < -0.39 is 0 Å². The van der Waals surface area contributed by atoms with E-state index in [0.29, 0.717) is 0 Å². The van der Waals surface area contributed by atoms with E-state index in [2.05, 4.69) is 19.2 Å². The molecule has 0 amide bonds. The molecule has 1 saturated heterocycles. The topological polar surface area (TPSA) is 21.3 Å². The normalized spacial score (nSPS) is 19.9. The van der Waals surface area contributed by atoms with Gasteiger partial charge in [-0.3, -0.25) is 0 Å². The van der Waals surface area contributed by atoms with Gasteiger partial charge in [0.05, 0.1) is 0 Å².